The lowest BCUT2D eigenvalue weighted by molar-refractivity contribution is -0.151. The van der Waals surface area contributed by atoms with Gasteiger partial charge in [0.05, 0.1) is 13.5 Å². The van der Waals surface area contributed by atoms with Crippen LogP contribution in [0.15, 0.2) is 30.3 Å². The fourth-order valence-corrected chi connectivity index (χ4v) is 1.18. The molecule has 0 aliphatic heterocycles. The van der Waals surface area contributed by atoms with E-state index < -0.39 is 18.0 Å². The molecule has 1 rings (SSSR count). The molecule has 0 spiro atoms. The van der Waals surface area contributed by atoms with Crippen LogP contribution in [-0.4, -0.2) is 25.1 Å². The largest absolute Gasteiger partial charge is 0.469 e. The van der Waals surface area contributed by atoms with Crippen molar-refractivity contribution in [2.45, 2.75) is 19.1 Å². The van der Waals surface area contributed by atoms with Crippen molar-refractivity contribution >= 4 is 11.9 Å². The van der Waals surface area contributed by atoms with Crippen LogP contribution in [0.5, 0.6) is 0 Å². The van der Waals surface area contributed by atoms with Crippen molar-refractivity contribution in [3.05, 3.63) is 35.9 Å². The maximum absolute atomic E-state index is 11.4. The molecule has 0 fully saturated rings. The van der Waals surface area contributed by atoms with Crippen LogP contribution in [0.25, 0.3) is 0 Å². The molecule has 0 bridgehead atoms. The number of hydrogen-bond donors (Lipinski definition) is 1. The highest BCUT2D eigenvalue weighted by atomic mass is 16.5. The Balaban J connectivity index is 2.37. The van der Waals surface area contributed by atoms with Crippen LogP contribution >= 0.6 is 0 Å². The number of nitrogens with two attached hydrogens (primary N) is 1. The smallest absolute Gasteiger partial charge is 0.323 e. The van der Waals surface area contributed by atoms with E-state index in [1.165, 1.54) is 7.11 Å². The summed E-state index contributed by atoms with van der Waals surface area (Å²) in [7, 11) is 1.24. The summed E-state index contributed by atoms with van der Waals surface area (Å²) in [6, 6.07) is 8.24. The predicted octanol–water partition coefficient (Wildman–Crippen LogP) is 0.620. The zero-order chi connectivity index (χ0) is 12.7. The van der Waals surface area contributed by atoms with Gasteiger partial charge in [0.25, 0.3) is 0 Å². The zero-order valence-electron chi connectivity index (χ0n) is 9.59. The molecule has 5 heteroatoms. The highest BCUT2D eigenvalue weighted by molar-refractivity contribution is 5.82. The van der Waals surface area contributed by atoms with Gasteiger partial charge in [-0.25, -0.2) is 0 Å². The third kappa shape index (κ3) is 4.65. The molecule has 2 N–H and O–H groups in total. The molecule has 0 radical (unpaired) electrons. The molecule has 0 saturated carbocycles. The van der Waals surface area contributed by atoms with Crippen LogP contribution in [0.4, 0.5) is 0 Å². The standard InChI is InChI=1S/C12H15NO4/c1-16-11(14)7-10(13)12(15)17-8-9-5-3-2-4-6-9/h2-6,10H,7-8,13H2,1H3/t10-/m0/s1. The number of rotatable bonds is 5. The van der Waals surface area contributed by atoms with Crippen LogP contribution in [0.1, 0.15) is 12.0 Å². The Labute approximate surface area is 99.5 Å². The van der Waals surface area contributed by atoms with Gasteiger partial charge in [-0.2, -0.15) is 0 Å². The minimum Gasteiger partial charge on any atom is -0.469 e. The van der Waals surface area contributed by atoms with E-state index >= 15 is 0 Å². The second kappa shape index (κ2) is 6.65. The van der Waals surface area contributed by atoms with E-state index in [-0.39, 0.29) is 13.0 Å². The molecule has 0 aromatic heterocycles. The molecule has 0 unspecified atom stereocenters. The second-order valence-corrected chi connectivity index (χ2v) is 3.48. The molecule has 0 aliphatic rings. The molecule has 1 atom stereocenters. The van der Waals surface area contributed by atoms with Gasteiger partial charge in [0.1, 0.15) is 12.6 Å². The first kappa shape index (κ1) is 13.2. The van der Waals surface area contributed by atoms with Gasteiger partial charge in [-0.05, 0) is 5.56 Å². The van der Waals surface area contributed by atoms with Gasteiger partial charge in [-0.3, -0.25) is 9.59 Å². The van der Waals surface area contributed by atoms with E-state index in [1.807, 2.05) is 30.3 Å². The van der Waals surface area contributed by atoms with Gasteiger partial charge in [0.15, 0.2) is 0 Å². The first-order valence-corrected chi connectivity index (χ1v) is 5.16. The molecule has 1 aromatic carbocycles. The number of methoxy groups -OCH3 is 1. The topological polar surface area (TPSA) is 78.6 Å². The Morgan fingerprint density at radius 3 is 2.53 bits per heavy atom. The van der Waals surface area contributed by atoms with E-state index in [0.717, 1.165) is 5.56 Å². The first-order chi connectivity index (χ1) is 8.13. The number of benzene rings is 1. The Morgan fingerprint density at radius 2 is 1.94 bits per heavy atom. The number of ether oxygens (including phenoxy) is 2. The summed E-state index contributed by atoms with van der Waals surface area (Å²) in [5.41, 5.74) is 6.35. The van der Waals surface area contributed by atoms with E-state index in [9.17, 15) is 9.59 Å². The molecule has 0 heterocycles. The van der Waals surface area contributed by atoms with Crippen LogP contribution in [-0.2, 0) is 25.7 Å². The summed E-state index contributed by atoms with van der Waals surface area (Å²) >= 11 is 0. The van der Waals surface area contributed by atoms with Gasteiger partial charge in [0.2, 0.25) is 0 Å². The van der Waals surface area contributed by atoms with Crippen molar-refractivity contribution in [2.75, 3.05) is 7.11 Å². The number of hydrogen-bond acceptors (Lipinski definition) is 5. The highest BCUT2D eigenvalue weighted by Crippen LogP contribution is 2.02. The highest BCUT2D eigenvalue weighted by Gasteiger charge is 2.19. The molecule has 0 saturated heterocycles. The zero-order valence-corrected chi connectivity index (χ0v) is 9.59. The molecule has 92 valence electrons. The Hall–Kier alpha value is -1.88. The van der Waals surface area contributed by atoms with Gasteiger partial charge >= 0.3 is 11.9 Å². The van der Waals surface area contributed by atoms with Crippen molar-refractivity contribution < 1.29 is 19.1 Å². The molecule has 0 aliphatic carbocycles. The Bertz CT molecular complexity index is 377. The van der Waals surface area contributed by atoms with Crippen LogP contribution in [0.2, 0.25) is 0 Å². The third-order valence-electron chi connectivity index (χ3n) is 2.14. The van der Waals surface area contributed by atoms with Crippen molar-refractivity contribution in [3.63, 3.8) is 0 Å². The lowest BCUT2D eigenvalue weighted by atomic mass is 10.2. The number of esters is 2. The van der Waals surface area contributed by atoms with Gasteiger partial charge in [0, 0.05) is 0 Å². The summed E-state index contributed by atoms with van der Waals surface area (Å²) in [5, 5.41) is 0. The molecule has 0 amide bonds. The summed E-state index contributed by atoms with van der Waals surface area (Å²) in [5.74, 6) is -1.14. The third-order valence-corrected chi connectivity index (χ3v) is 2.14. The fraction of sp³-hybridized carbons (Fsp3) is 0.333. The summed E-state index contributed by atoms with van der Waals surface area (Å²) < 4.78 is 9.37. The van der Waals surface area contributed by atoms with Gasteiger partial charge in [-0.1, -0.05) is 30.3 Å². The van der Waals surface area contributed by atoms with Crippen molar-refractivity contribution in [1.82, 2.24) is 0 Å². The molecule has 5 nitrogen and oxygen atoms in total. The van der Waals surface area contributed by atoms with Crippen LogP contribution in [0.3, 0.4) is 0 Å². The maximum Gasteiger partial charge on any atom is 0.323 e. The summed E-state index contributed by atoms with van der Waals surface area (Å²) in [6.07, 6.45) is -0.176. The average molecular weight is 237 g/mol. The lowest BCUT2D eigenvalue weighted by Crippen LogP contribution is -2.34. The summed E-state index contributed by atoms with van der Waals surface area (Å²) in [4.78, 5) is 22.3. The van der Waals surface area contributed by atoms with Gasteiger partial charge in [-0.15, -0.1) is 0 Å². The Kier molecular flexibility index (Phi) is 5.16. The minimum absolute atomic E-state index is 0.147. The van der Waals surface area contributed by atoms with Crippen molar-refractivity contribution in [3.8, 4) is 0 Å². The minimum atomic E-state index is -0.980. The van der Waals surface area contributed by atoms with Crippen molar-refractivity contribution in [2.24, 2.45) is 5.73 Å². The Morgan fingerprint density at radius 1 is 1.29 bits per heavy atom. The number of carbonyl (C=O) groups excluding carboxylic acids is 2. The maximum atomic E-state index is 11.4. The number of carbonyl (C=O) groups is 2. The predicted molar refractivity (Wildman–Crippen MR) is 60.8 cm³/mol. The van der Waals surface area contributed by atoms with Gasteiger partial charge < -0.3 is 15.2 Å². The molecular weight excluding hydrogens is 222 g/mol. The lowest BCUT2D eigenvalue weighted by Gasteiger charge is -2.10. The second-order valence-electron chi connectivity index (χ2n) is 3.48. The quantitative estimate of drug-likeness (QED) is 0.759. The van der Waals surface area contributed by atoms with E-state index in [0.29, 0.717) is 0 Å². The molecule has 1 aromatic rings. The summed E-state index contributed by atoms with van der Waals surface area (Å²) in [6.45, 7) is 0.147. The first-order valence-electron chi connectivity index (χ1n) is 5.16. The van der Waals surface area contributed by atoms with Crippen LogP contribution in [0, 0.1) is 0 Å². The van der Waals surface area contributed by atoms with Crippen molar-refractivity contribution in [1.29, 1.82) is 0 Å². The van der Waals surface area contributed by atoms with E-state index in [4.69, 9.17) is 10.5 Å². The van der Waals surface area contributed by atoms with Crippen LogP contribution < -0.4 is 5.73 Å². The fourth-order valence-electron chi connectivity index (χ4n) is 1.18. The normalized spacial score (nSPS) is 11.6. The molecule has 17 heavy (non-hydrogen) atoms. The van der Waals surface area contributed by atoms with E-state index in [2.05, 4.69) is 4.74 Å². The van der Waals surface area contributed by atoms with E-state index in [1.54, 1.807) is 0 Å². The SMILES string of the molecule is COC(=O)C[C@H](N)C(=O)OCc1ccccc1. The average Bonchev–Trinajstić information content (AvgIpc) is 2.36. The molecular formula is C12H15NO4. The monoisotopic (exact) mass is 237 g/mol.